The Balaban J connectivity index is 1.86. The first-order valence-corrected chi connectivity index (χ1v) is 6.61. The number of hydrogen-bond donors (Lipinski definition) is 1. The van der Waals surface area contributed by atoms with Crippen LogP contribution in [0.15, 0.2) is 18.5 Å². The Labute approximate surface area is 119 Å². The van der Waals surface area contributed by atoms with Crippen molar-refractivity contribution in [3.8, 4) is 5.88 Å². The zero-order valence-corrected chi connectivity index (χ0v) is 11.8. The second-order valence-corrected chi connectivity index (χ2v) is 5.09. The maximum atomic E-state index is 5.92. The summed E-state index contributed by atoms with van der Waals surface area (Å²) in [6.45, 7) is 0.664. The van der Waals surface area contributed by atoms with E-state index in [1.807, 2.05) is 18.0 Å². The molecule has 0 saturated heterocycles. The van der Waals surface area contributed by atoms with E-state index in [2.05, 4.69) is 19.4 Å². The molecule has 0 bridgehead atoms. The Morgan fingerprint density at radius 3 is 3.05 bits per heavy atom. The van der Waals surface area contributed by atoms with E-state index in [1.165, 1.54) is 22.4 Å². The van der Waals surface area contributed by atoms with Crippen molar-refractivity contribution in [1.29, 1.82) is 0 Å². The highest BCUT2D eigenvalue weighted by Crippen LogP contribution is 2.21. The lowest BCUT2D eigenvalue weighted by Gasteiger charge is -2.17. The minimum atomic E-state index is 0.480. The highest BCUT2D eigenvalue weighted by molar-refractivity contribution is 7.05. The smallest absolute Gasteiger partial charge is 0.256 e. The Kier molecular flexibility index (Phi) is 3.11. The average molecular weight is 291 g/mol. The van der Waals surface area contributed by atoms with Crippen LogP contribution < -0.4 is 15.4 Å². The van der Waals surface area contributed by atoms with Crippen molar-refractivity contribution < 1.29 is 4.74 Å². The maximum Gasteiger partial charge on any atom is 0.256 e. The maximum absolute atomic E-state index is 5.92. The summed E-state index contributed by atoms with van der Waals surface area (Å²) < 4.78 is 10.7. The number of aromatic nitrogens is 5. The van der Waals surface area contributed by atoms with Crippen molar-refractivity contribution in [3.05, 3.63) is 23.3 Å². The van der Waals surface area contributed by atoms with Gasteiger partial charge in [-0.05, 0) is 11.5 Å². The van der Waals surface area contributed by atoms with Crippen molar-refractivity contribution in [2.24, 2.45) is 0 Å². The van der Waals surface area contributed by atoms with Crippen molar-refractivity contribution in [2.45, 2.75) is 6.54 Å². The lowest BCUT2D eigenvalue weighted by Crippen LogP contribution is -2.18. The van der Waals surface area contributed by atoms with E-state index >= 15 is 0 Å². The third kappa shape index (κ3) is 2.23. The second kappa shape index (κ2) is 4.93. The molecule has 0 aliphatic heterocycles. The first kappa shape index (κ1) is 12.6. The number of rotatable bonds is 4. The average Bonchev–Trinajstić information content (AvgIpc) is 3.07. The number of fused-ring (bicyclic) bond motifs is 1. The summed E-state index contributed by atoms with van der Waals surface area (Å²) in [5.41, 5.74) is 5.92. The van der Waals surface area contributed by atoms with E-state index in [9.17, 15) is 0 Å². The monoisotopic (exact) mass is 291 g/mol. The topological polar surface area (TPSA) is 94.5 Å². The molecule has 0 saturated carbocycles. The SMILES string of the molecule is COc1cc(CN(C)c2cc(N)n3ncnc3n2)sn1. The molecule has 0 atom stereocenters. The molecule has 3 heterocycles. The van der Waals surface area contributed by atoms with E-state index in [-0.39, 0.29) is 0 Å². The quantitative estimate of drug-likeness (QED) is 0.760. The van der Waals surface area contributed by atoms with Crippen molar-refractivity contribution in [1.82, 2.24) is 24.0 Å². The summed E-state index contributed by atoms with van der Waals surface area (Å²) in [4.78, 5) is 11.5. The number of nitrogens with zero attached hydrogens (tertiary/aromatic N) is 6. The second-order valence-electron chi connectivity index (χ2n) is 4.20. The summed E-state index contributed by atoms with van der Waals surface area (Å²) >= 11 is 1.40. The first-order chi connectivity index (χ1) is 9.67. The molecule has 0 radical (unpaired) electrons. The molecule has 3 rings (SSSR count). The molecular formula is C11H13N7OS. The molecule has 2 N–H and O–H groups in total. The van der Waals surface area contributed by atoms with Crippen LogP contribution in [0.2, 0.25) is 0 Å². The molecule has 3 aromatic heterocycles. The van der Waals surface area contributed by atoms with E-state index in [1.54, 1.807) is 13.2 Å². The third-order valence-corrected chi connectivity index (χ3v) is 3.55. The first-order valence-electron chi connectivity index (χ1n) is 5.84. The van der Waals surface area contributed by atoms with Gasteiger partial charge in [-0.1, -0.05) is 0 Å². The van der Waals surface area contributed by atoms with Gasteiger partial charge >= 0.3 is 0 Å². The zero-order chi connectivity index (χ0) is 14.1. The van der Waals surface area contributed by atoms with E-state index in [0.29, 0.717) is 24.0 Å². The molecule has 8 nitrogen and oxygen atoms in total. The van der Waals surface area contributed by atoms with Gasteiger partial charge < -0.3 is 15.4 Å². The normalized spacial score (nSPS) is 10.9. The highest BCUT2D eigenvalue weighted by Gasteiger charge is 2.11. The number of nitrogen functional groups attached to an aromatic ring is 1. The molecule has 0 aliphatic carbocycles. The van der Waals surface area contributed by atoms with Gasteiger partial charge in [0.1, 0.15) is 18.0 Å². The van der Waals surface area contributed by atoms with Crippen molar-refractivity contribution in [2.75, 3.05) is 24.8 Å². The number of anilines is 2. The lowest BCUT2D eigenvalue weighted by molar-refractivity contribution is 0.402. The van der Waals surface area contributed by atoms with Crippen LogP contribution in [0.25, 0.3) is 5.78 Å². The fraction of sp³-hybridized carbons (Fsp3) is 0.273. The van der Waals surface area contributed by atoms with Crippen LogP contribution in [0.5, 0.6) is 5.88 Å². The van der Waals surface area contributed by atoms with Gasteiger partial charge in [0, 0.05) is 24.1 Å². The molecule has 0 aromatic carbocycles. The van der Waals surface area contributed by atoms with Gasteiger partial charge in [-0.25, -0.2) is 0 Å². The highest BCUT2D eigenvalue weighted by atomic mass is 32.1. The fourth-order valence-electron chi connectivity index (χ4n) is 1.80. The number of ether oxygens (including phenoxy) is 1. The Bertz CT molecular complexity index is 737. The van der Waals surface area contributed by atoms with Crippen molar-refractivity contribution in [3.63, 3.8) is 0 Å². The summed E-state index contributed by atoms with van der Waals surface area (Å²) in [5, 5.41) is 3.99. The van der Waals surface area contributed by atoms with Gasteiger partial charge in [0.2, 0.25) is 5.88 Å². The molecule has 20 heavy (non-hydrogen) atoms. The molecule has 0 spiro atoms. The van der Waals surface area contributed by atoms with Crippen LogP contribution in [0.4, 0.5) is 11.6 Å². The molecular weight excluding hydrogens is 278 g/mol. The molecule has 9 heteroatoms. The van der Waals surface area contributed by atoms with Crippen LogP contribution in [-0.4, -0.2) is 38.1 Å². The largest absolute Gasteiger partial charge is 0.480 e. The number of hydrogen-bond acceptors (Lipinski definition) is 8. The Morgan fingerprint density at radius 1 is 1.45 bits per heavy atom. The standard InChI is InChI=1S/C11H13N7OS/c1-17(5-7-3-10(19-2)16-20-7)9-4-8(12)18-11(15-9)13-6-14-18/h3-4,6H,5,12H2,1-2H3. The van der Waals surface area contributed by atoms with Crippen LogP contribution in [0.1, 0.15) is 4.88 Å². The third-order valence-electron chi connectivity index (χ3n) is 2.80. The minimum absolute atomic E-state index is 0.480. The van der Waals surface area contributed by atoms with Crippen LogP contribution in [0.3, 0.4) is 0 Å². The Hall–Kier alpha value is -2.42. The molecule has 0 aliphatic rings. The van der Waals surface area contributed by atoms with Gasteiger partial charge in [-0.2, -0.15) is 24.0 Å². The summed E-state index contributed by atoms with van der Waals surface area (Å²) in [5.74, 6) is 2.33. The van der Waals surface area contributed by atoms with Crippen molar-refractivity contribution >= 4 is 28.9 Å². The van der Waals surface area contributed by atoms with E-state index in [4.69, 9.17) is 10.5 Å². The fourth-order valence-corrected chi connectivity index (χ4v) is 2.54. The molecule has 0 amide bonds. The molecule has 104 valence electrons. The van der Waals surface area contributed by atoms with Crippen LogP contribution in [-0.2, 0) is 6.54 Å². The van der Waals surface area contributed by atoms with Crippen LogP contribution in [0, 0.1) is 0 Å². The molecule has 0 fully saturated rings. The number of methoxy groups -OCH3 is 1. The summed E-state index contributed by atoms with van der Waals surface area (Å²) in [7, 11) is 3.53. The predicted molar refractivity (Wildman–Crippen MR) is 76.0 cm³/mol. The number of nitrogens with two attached hydrogens (primary N) is 1. The molecule has 0 unspecified atom stereocenters. The molecule has 3 aromatic rings. The van der Waals surface area contributed by atoms with Gasteiger partial charge in [-0.3, -0.25) is 0 Å². The summed E-state index contributed by atoms with van der Waals surface area (Å²) in [6, 6.07) is 3.67. The van der Waals surface area contributed by atoms with E-state index in [0.717, 1.165) is 10.7 Å². The van der Waals surface area contributed by atoms with Crippen LogP contribution >= 0.6 is 11.5 Å². The van der Waals surface area contributed by atoms with Gasteiger partial charge in [0.05, 0.1) is 13.7 Å². The zero-order valence-electron chi connectivity index (χ0n) is 11.0. The predicted octanol–water partition coefficient (Wildman–Crippen LogP) is 0.808. The van der Waals surface area contributed by atoms with Gasteiger partial charge in [0.25, 0.3) is 5.78 Å². The Morgan fingerprint density at radius 2 is 2.30 bits per heavy atom. The minimum Gasteiger partial charge on any atom is -0.480 e. The lowest BCUT2D eigenvalue weighted by atomic mass is 10.4. The summed E-state index contributed by atoms with van der Waals surface area (Å²) in [6.07, 6.45) is 1.43. The van der Waals surface area contributed by atoms with Gasteiger partial charge in [0.15, 0.2) is 0 Å². The van der Waals surface area contributed by atoms with Gasteiger partial charge in [-0.15, -0.1) is 0 Å². The van der Waals surface area contributed by atoms with E-state index < -0.39 is 0 Å².